The summed E-state index contributed by atoms with van der Waals surface area (Å²) in [4.78, 5) is 12.4. The Morgan fingerprint density at radius 3 is 1.94 bits per heavy atom. The van der Waals surface area contributed by atoms with Crippen molar-refractivity contribution >= 4 is 39.6 Å². The van der Waals surface area contributed by atoms with E-state index in [1.54, 1.807) is 46.8 Å². The minimum atomic E-state index is -0.200. The first-order chi connectivity index (χ1) is 16.9. The molecule has 7 nitrogen and oxygen atoms in total. The van der Waals surface area contributed by atoms with Crippen molar-refractivity contribution in [3.63, 3.8) is 0 Å². The molecular weight excluding hydrogens is 514 g/mol. The number of methoxy groups -OCH3 is 4. The number of phenolic OH excluding ortho intramolecular Hbond substituents is 1. The van der Waals surface area contributed by atoms with Crippen molar-refractivity contribution < 1.29 is 28.8 Å². The van der Waals surface area contributed by atoms with Crippen molar-refractivity contribution in [2.75, 3.05) is 33.8 Å². The van der Waals surface area contributed by atoms with E-state index in [1.165, 1.54) is 18.2 Å². The van der Waals surface area contributed by atoms with E-state index in [4.69, 9.17) is 18.9 Å². The van der Waals surface area contributed by atoms with Gasteiger partial charge in [0.15, 0.2) is 23.0 Å². The van der Waals surface area contributed by atoms with E-state index in [2.05, 4.69) is 21.2 Å². The van der Waals surface area contributed by atoms with Gasteiger partial charge >= 0.3 is 0 Å². The van der Waals surface area contributed by atoms with Crippen LogP contribution in [-0.2, 0) is 0 Å². The summed E-state index contributed by atoms with van der Waals surface area (Å²) in [7, 11) is 6.28. The Balaban J connectivity index is 1.85. The van der Waals surface area contributed by atoms with Crippen LogP contribution in [0.4, 0.5) is 5.69 Å². The molecule has 0 heterocycles. The number of carbonyl (C=O) groups excluding carboxylic acids is 1. The van der Waals surface area contributed by atoms with Gasteiger partial charge in [-0.1, -0.05) is 12.2 Å². The van der Waals surface area contributed by atoms with Crippen molar-refractivity contribution in [1.29, 1.82) is 0 Å². The van der Waals surface area contributed by atoms with Crippen molar-refractivity contribution in [3.05, 3.63) is 82.0 Å². The highest BCUT2D eigenvalue weighted by Crippen LogP contribution is 2.39. The van der Waals surface area contributed by atoms with Gasteiger partial charge in [-0.2, -0.15) is 0 Å². The average molecular weight is 540 g/mol. The summed E-state index contributed by atoms with van der Waals surface area (Å²) in [5, 5.41) is 12.5. The molecule has 0 aliphatic carbocycles. The zero-order valence-electron chi connectivity index (χ0n) is 19.8. The molecule has 0 atom stereocenters. The highest BCUT2D eigenvalue weighted by molar-refractivity contribution is 9.10. The van der Waals surface area contributed by atoms with E-state index in [0.29, 0.717) is 34.2 Å². The number of allylic oxidation sites excluding steroid dienone is 1. The number of ketones is 1. The van der Waals surface area contributed by atoms with Gasteiger partial charge in [0.25, 0.3) is 0 Å². The fraction of sp³-hybridized carbons (Fsp3) is 0.148. The normalized spacial score (nSPS) is 11.0. The molecule has 0 fully saturated rings. The lowest BCUT2D eigenvalue weighted by atomic mass is 10.1. The highest BCUT2D eigenvalue weighted by Gasteiger charge is 2.13. The number of anilines is 1. The molecule has 0 saturated carbocycles. The van der Waals surface area contributed by atoms with E-state index >= 15 is 0 Å². The minimum Gasteiger partial charge on any atom is -0.508 e. The third-order valence-electron chi connectivity index (χ3n) is 5.05. The Morgan fingerprint density at radius 1 is 0.829 bits per heavy atom. The lowest BCUT2D eigenvalue weighted by Gasteiger charge is -2.13. The lowest BCUT2D eigenvalue weighted by molar-refractivity contribution is 0.104. The number of benzene rings is 3. The summed E-state index contributed by atoms with van der Waals surface area (Å²) in [5.41, 5.74) is 2.88. The zero-order valence-corrected chi connectivity index (χ0v) is 21.4. The minimum absolute atomic E-state index is 0.106. The maximum atomic E-state index is 12.4. The molecule has 2 N–H and O–H groups in total. The largest absolute Gasteiger partial charge is 0.508 e. The monoisotopic (exact) mass is 539 g/mol. The van der Waals surface area contributed by atoms with Gasteiger partial charge in [0.1, 0.15) is 5.75 Å². The first-order valence-corrected chi connectivity index (χ1v) is 11.3. The Labute approximate surface area is 212 Å². The number of nitrogens with one attached hydrogen (secondary N) is 1. The van der Waals surface area contributed by atoms with Crippen LogP contribution in [-0.4, -0.2) is 39.3 Å². The standard InChI is InChI=1S/C27H26BrNO6/c1-32-24-15-18(16-25(33-2)27(24)35-4)6-5-17-13-21(28)26(34-3)22(14-17)29-12-11-23(31)19-7-9-20(30)10-8-19/h5-16,29-30H,1-4H3. The van der Waals surface area contributed by atoms with Crippen LogP contribution in [0.5, 0.6) is 28.7 Å². The van der Waals surface area contributed by atoms with Gasteiger partial charge in [0, 0.05) is 17.8 Å². The number of hydrogen-bond donors (Lipinski definition) is 2. The van der Waals surface area contributed by atoms with E-state index in [-0.39, 0.29) is 11.5 Å². The first-order valence-electron chi connectivity index (χ1n) is 10.5. The topological polar surface area (TPSA) is 86.3 Å². The summed E-state index contributed by atoms with van der Waals surface area (Å²) in [6.45, 7) is 0. The van der Waals surface area contributed by atoms with E-state index in [9.17, 15) is 9.90 Å². The number of aromatic hydroxyl groups is 1. The number of hydrogen-bond acceptors (Lipinski definition) is 7. The summed E-state index contributed by atoms with van der Waals surface area (Å²) in [5.74, 6) is 2.15. The second kappa shape index (κ2) is 12.0. The molecule has 0 aliphatic heterocycles. The maximum Gasteiger partial charge on any atom is 0.203 e. The maximum absolute atomic E-state index is 12.4. The summed E-state index contributed by atoms with van der Waals surface area (Å²) in [6.07, 6.45) is 6.82. The van der Waals surface area contributed by atoms with Crippen LogP contribution in [0.1, 0.15) is 21.5 Å². The third-order valence-corrected chi connectivity index (χ3v) is 5.64. The van der Waals surface area contributed by atoms with Gasteiger partial charge in [-0.3, -0.25) is 4.79 Å². The van der Waals surface area contributed by atoms with Crippen molar-refractivity contribution in [2.45, 2.75) is 0 Å². The molecule has 8 heteroatoms. The molecule has 3 aromatic carbocycles. The predicted octanol–water partition coefficient (Wildman–Crippen LogP) is 6.17. The Bertz CT molecular complexity index is 1230. The summed E-state index contributed by atoms with van der Waals surface area (Å²) in [6, 6.07) is 13.6. The van der Waals surface area contributed by atoms with E-state index < -0.39 is 0 Å². The van der Waals surface area contributed by atoms with Crippen LogP contribution in [0.2, 0.25) is 0 Å². The van der Waals surface area contributed by atoms with Crippen LogP contribution >= 0.6 is 15.9 Å². The van der Waals surface area contributed by atoms with Gasteiger partial charge in [0.2, 0.25) is 5.75 Å². The van der Waals surface area contributed by atoms with Crippen molar-refractivity contribution in [3.8, 4) is 28.7 Å². The summed E-state index contributed by atoms with van der Waals surface area (Å²) < 4.78 is 22.5. The van der Waals surface area contributed by atoms with E-state index in [0.717, 1.165) is 15.6 Å². The molecular formula is C27H26BrNO6. The first kappa shape index (κ1) is 25.7. The Hall–Kier alpha value is -3.91. The molecule has 0 spiro atoms. The van der Waals surface area contributed by atoms with E-state index in [1.807, 2.05) is 36.4 Å². The van der Waals surface area contributed by atoms with Gasteiger partial charge in [-0.25, -0.2) is 0 Å². The van der Waals surface area contributed by atoms with Gasteiger partial charge in [-0.05, 0) is 75.6 Å². The molecule has 0 radical (unpaired) electrons. The molecule has 0 bridgehead atoms. The summed E-state index contributed by atoms with van der Waals surface area (Å²) >= 11 is 3.54. The number of carbonyl (C=O) groups is 1. The molecule has 0 aliphatic rings. The van der Waals surface area contributed by atoms with Crippen LogP contribution in [0, 0.1) is 0 Å². The number of ether oxygens (including phenoxy) is 4. The molecule has 3 aromatic rings. The Morgan fingerprint density at radius 2 is 1.40 bits per heavy atom. The van der Waals surface area contributed by atoms with Gasteiger partial charge < -0.3 is 29.4 Å². The number of phenols is 1. The average Bonchev–Trinajstić information content (AvgIpc) is 2.86. The van der Waals surface area contributed by atoms with Crippen LogP contribution in [0.15, 0.2) is 65.3 Å². The van der Waals surface area contributed by atoms with Crippen molar-refractivity contribution in [2.24, 2.45) is 0 Å². The zero-order chi connectivity index (χ0) is 25.4. The quantitative estimate of drug-likeness (QED) is 0.181. The van der Waals surface area contributed by atoms with Crippen LogP contribution in [0.3, 0.4) is 0 Å². The number of rotatable bonds is 10. The molecule has 0 aromatic heterocycles. The van der Waals surface area contributed by atoms with Gasteiger partial charge in [0.05, 0.1) is 38.6 Å². The van der Waals surface area contributed by atoms with Crippen LogP contribution < -0.4 is 24.3 Å². The molecule has 0 amide bonds. The lowest BCUT2D eigenvalue weighted by Crippen LogP contribution is -1.98. The smallest absolute Gasteiger partial charge is 0.203 e. The van der Waals surface area contributed by atoms with Crippen molar-refractivity contribution in [1.82, 2.24) is 0 Å². The SMILES string of the molecule is COc1cc(C=Cc2cc(Br)c(OC)c(NC=CC(=O)c3ccc(O)cc3)c2)cc(OC)c1OC. The second-order valence-electron chi connectivity index (χ2n) is 7.26. The fourth-order valence-electron chi connectivity index (χ4n) is 3.34. The molecule has 0 unspecified atom stereocenters. The predicted molar refractivity (Wildman–Crippen MR) is 141 cm³/mol. The molecule has 0 saturated heterocycles. The third kappa shape index (κ3) is 6.36. The molecule has 3 rings (SSSR count). The molecule has 35 heavy (non-hydrogen) atoms. The second-order valence-corrected chi connectivity index (χ2v) is 8.12. The number of halogens is 1. The van der Waals surface area contributed by atoms with Crippen LogP contribution in [0.25, 0.3) is 12.2 Å². The van der Waals surface area contributed by atoms with Gasteiger partial charge in [-0.15, -0.1) is 0 Å². The highest BCUT2D eigenvalue weighted by atomic mass is 79.9. The Kier molecular flexibility index (Phi) is 8.80. The fourth-order valence-corrected chi connectivity index (χ4v) is 3.98. The molecule has 182 valence electrons.